The zero-order valence-corrected chi connectivity index (χ0v) is 16.0. The van der Waals surface area contributed by atoms with E-state index in [1.807, 2.05) is 17.0 Å². The van der Waals surface area contributed by atoms with Crippen LogP contribution in [0.1, 0.15) is 35.6 Å². The van der Waals surface area contributed by atoms with Gasteiger partial charge < -0.3 is 15.1 Å². The second-order valence-electron chi connectivity index (χ2n) is 8.29. The van der Waals surface area contributed by atoms with E-state index >= 15 is 0 Å². The Labute approximate surface area is 165 Å². The number of piperidine rings is 3. The van der Waals surface area contributed by atoms with Crippen LogP contribution in [-0.4, -0.2) is 48.1 Å². The molecule has 1 N–H and O–H groups in total. The van der Waals surface area contributed by atoms with E-state index in [0.29, 0.717) is 12.5 Å². The van der Waals surface area contributed by atoms with Gasteiger partial charge in [0.05, 0.1) is 6.04 Å². The number of benzene rings is 2. The van der Waals surface area contributed by atoms with Crippen molar-refractivity contribution >= 4 is 6.03 Å². The minimum absolute atomic E-state index is 0.00239. The lowest BCUT2D eigenvalue weighted by Gasteiger charge is -2.46. The van der Waals surface area contributed by atoms with Gasteiger partial charge in [0.15, 0.2) is 0 Å². The molecule has 28 heavy (non-hydrogen) atoms. The Bertz CT molecular complexity index is 860. The molecule has 3 saturated heterocycles. The number of halogens is 1. The number of carbonyl (C=O) groups excluding carboxylic acids is 1. The lowest BCUT2D eigenvalue weighted by molar-refractivity contribution is 0.0715. The zero-order valence-electron chi connectivity index (χ0n) is 16.0. The first kappa shape index (κ1) is 17.7. The number of rotatable bonds is 2. The maximum Gasteiger partial charge on any atom is 0.318 e. The molecule has 0 aromatic heterocycles. The van der Waals surface area contributed by atoms with Crippen LogP contribution in [0, 0.1) is 11.7 Å². The van der Waals surface area contributed by atoms with Crippen molar-refractivity contribution < 1.29 is 9.18 Å². The molecule has 4 aliphatic heterocycles. The van der Waals surface area contributed by atoms with Crippen LogP contribution in [0.5, 0.6) is 0 Å². The Kier molecular flexibility index (Phi) is 4.55. The third-order valence-corrected chi connectivity index (χ3v) is 6.70. The van der Waals surface area contributed by atoms with Crippen molar-refractivity contribution in [1.82, 2.24) is 15.1 Å². The van der Waals surface area contributed by atoms with E-state index in [0.717, 1.165) is 37.2 Å². The van der Waals surface area contributed by atoms with Crippen molar-refractivity contribution in [3.05, 3.63) is 71.0 Å². The molecule has 4 nitrogen and oxygen atoms in total. The molecular formula is C23H26FN3O. The van der Waals surface area contributed by atoms with Crippen LogP contribution in [-0.2, 0) is 6.42 Å². The SMILES string of the molecule is O=C(N[C@@H]1CN2CCC1CC2)N1CCc2ccccc2C1c1ccc(F)cc1. The normalized spacial score (nSPS) is 28.7. The van der Waals surface area contributed by atoms with Crippen LogP contribution in [0.25, 0.3) is 0 Å². The largest absolute Gasteiger partial charge is 0.334 e. The summed E-state index contributed by atoms with van der Waals surface area (Å²) in [6, 6.07) is 14.9. The van der Waals surface area contributed by atoms with Gasteiger partial charge >= 0.3 is 6.03 Å². The molecule has 4 heterocycles. The Balaban J connectivity index is 1.43. The molecule has 2 bridgehead atoms. The monoisotopic (exact) mass is 379 g/mol. The van der Waals surface area contributed by atoms with Gasteiger partial charge in [0.25, 0.3) is 0 Å². The van der Waals surface area contributed by atoms with Gasteiger partial charge in [-0.05, 0) is 67.1 Å². The van der Waals surface area contributed by atoms with Gasteiger partial charge in [-0.3, -0.25) is 0 Å². The van der Waals surface area contributed by atoms with Crippen molar-refractivity contribution in [2.24, 2.45) is 5.92 Å². The second kappa shape index (κ2) is 7.21. The van der Waals surface area contributed by atoms with E-state index in [4.69, 9.17) is 0 Å². The molecule has 2 atom stereocenters. The fourth-order valence-corrected chi connectivity index (χ4v) is 5.16. The maximum absolute atomic E-state index is 13.5. The second-order valence-corrected chi connectivity index (χ2v) is 8.29. The summed E-state index contributed by atoms with van der Waals surface area (Å²) in [5.41, 5.74) is 3.37. The minimum atomic E-state index is -0.254. The molecule has 5 heteroatoms. The molecule has 3 fully saturated rings. The van der Waals surface area contributed by atoms with Crippen molar-refractivity contribution in [3.63, 3.8) is 0 Å². The minimum Gasteiger partial charge on any atom is -0.334 e. The third-order valence-electron chi connectivity index (χ3n) is 6.70. The highest BCUT2D eigenvalue weighted by Gasteiger charge is 2.38. The van der Waals surface area contributed by atoms with Gasteiger partial charge in [-0.2, -0.15) is 0 Å². The number of hydrogen-bond acceptors (Lipinski definition) is 2. The van der Waals surface area contributed by atoms with Crippen LogP contribution in [0.2, 0.25) is 0 Å². The summed E-state index contributed by atoms with van der Waals surface area (Å²) >= 11 is 0. The molecule has 0 radical (unpaired) electrons. The van der Waals surface area contributed by atoms with Gasteiger partial charge in [0.1, 0.15) is 5.82 Å². The Morgan fingerprint density at radius 3 is 2.46 bits per heavy atom. The number of nitrogens with one attached hydrogen (secondary N) is 1. The van der Waals surface area contributed by atoms with Crippen LogP contribution < -0.4 is 5.32 Å². The summed E-state index contributed by atoms with van der Waals surface area (Å²) in [4.78, 5) is 17.7. The van der Waals surface area contributed by atoms with Crippen LogP contribution >= 0.6 is 0 Å². The molecule has 6 rings (SSSR count). The van der Waals surface area contributed by atoms with Gasteiger partial charge in [0, 0.05) is 19.1 Å². The Morgan fingerprint density at radius 2 is 1.75 bits per heavy atom. The van der Waals surface area contributed by atoms with E-state index in [1.54, 1.807) is 12.1 Å². The average Bonchev–Trinajstić information content (AvgIpc) is 2.74. The quantitative estimate of drug-likeness (QED) is 0.866. The summed E-state index contributed by atoms with van der Waals surface area (Å²) in [7, 11) is 0. The predicted octanol–water partition coefficient (Wildman–Crippen LogP) is 3.58. The van der Waals surface area contributed by atoms with Crippen LogP contribution in [0.15, 0.2) is 48.5 Å². The highest BCUT2D eigenvalue weighted by atomic mass is 19.1. The number of fused-ring (bicyclic) bond motifs is 4. The molecule has 4 aliphatic rings. The van der Waals surface area contributed by atoms with Gasteiger partial charge in [-0.1, -0.05) is 36.4 Å². The summed E-state index contributed by atoms with van der Waals surface area (Å²) in [6.45, 7) is 3.95. The van der Waals surface area contributed by atoms with Crippen molar-refractivity contribution in [2.45, 2.75) is 31.3 Å². The number of urea groups is 1. The van der Waals surface area contributed by atoms with Crippen LogP contribution in [0.3, 0.4) is 0 Å². The first-order valence-electron chi connectivity index (χ1n) is 10.3. The van der Waals surface area contributed by atoms with Crippen molar-refractivity contribution in [3.8, 4) is 0 Å². The molecule has 146 valence electrons. The lowest BCUT2D eigenvalue weighted by Crippen LogP contribution is -2.59. The molecule has 2 aromatic rings. The fraction of sp³-hybridized carbons (Fsp3) is 0.435. The topological polar surface area (TPSA) is 35.6 Å². The lowest BCUT2D eigenvalue weighted by atomic mass is 9.84. The summed E-state index contributed by atoms with van der Waals surface area (Å²) in [5.74, 6) is 0.339. The zero-order chi connectivity index (χ0) is 19.1. The molecule has 2 amide bonds. The summed E-state index contributed by atoms with van der Waals surface area (Å²) in [5, 5.41) is 3.33. The molecule has 2 aromatic carbocycles. The smallest absolute Gasteiger partial charge is 0.318 e. The fourth-order valence-electron chi connectivity index (χ4n) is 5.16. The highest BCUT2D eigenvalue weighted by molar-refractivity contribution is 5.76. The maximum atomic E-state index is 13.5. The van der Waals surface area contributed by atoms with Crippen molar-refractivity contribution in [2.75, 3.05) is 26.2 Å². The standard InChI is InChI=1S/C23H26FN3O/c24-19-7-5-18(6-8-19)22-20-4-2-1-3-16(20)11-14-27(22)23(28)25-21-15-26-12-9-17(21)10-13-26/h1-8,17,21-22H,9-15H2,(H,25,28)/t21-,22?/m1/s1. The molecule has 1 unspecified atom stereocenters. The number of hydrogen-bond donors (Lipinski definition) is 1. The predicted molar refractivity (Wildman–Crippen MR) is 107 cm³/mol. The summed E-state index contributed by atoms with van der Waals surface area (Å²) < 4.78 is 13.5. The highest BCUT2D eigenvalue weighted by Crippen LogP contribution is 2.36. The first-order valence-corrected chi connectivity index (χ1v) is 10.3. The molecular weight excluding hydrogens is 353 g/mol. The Hall–Kier alpha value is -2.40. The van der Waals surface area contributed by atoms with E-state index in [-0.39, 0.29) is 23.9 Å². The Morgan fingerprint density at radius 1 is 1.00 bits per heavy atom. The van der Waals surface area contributed by atoms with Crippen molar-refractivity contribution in [1.29, 1.82) is 0 Å². The third kappa shape index (κ3) is 3.18. The molecule has 0 saturated carbocycles. The molecule has 0 spiro atoms. The van der Waals surface area contributed by atoms with E-state index in [9.17, 15) is 9.18 Å². The van der Waals surface area contributed by atoms with Gasteiger partial charge in [-0.25, -0.2) is 9.18 Å². The number of nitrogens with zero attached hydrogens (tertiary/aromatic N) is 2. The number of amides is 2. The van der Waals surface area contributed by atoms with E-state index in [1.165, 1.54) is 30.5 Å². The van der Waals surface area contributed by atoms with Gasteiger partial charge in [-0.15, -0.1) is 0 Å². The average molecular weight is 379 g/mol. The first-order chi connectivity index (χ1) is 13.7. The van der Waals surface area contributed by atoms with E-state index in [2.05, 4.69) is 22.3 Å². The molecule has 0 aliphatic carbocycles. The van der Waals surface area contributed by atoms with Crippen LogP contribution in [0.4, 0.5) is 9.18 Å². The number of carbonyl (C=O) groups is 1. The summed E-state index contributed by atoms with van der Waals surface area (Å²) in [6.07, 6.45) is 3.20. The van der Waals surface area contributed by atoms with E-state index < -0.39 is 0 Å². The van der Waals surface area contributed by atoms with Gasteiger partial charge in [0.2, 0.25) is 0 Å².